The molecule has 0 saturated carbocycles. The van der Waals surface area contributed by atoms with E-state index < -0.39 is 16.1 Å². The van der Waals surface area contributed by atoms with E-state index in [9.17, 15) is 8.42 Å². The van der Waals surface area contributed by atoms with E-state index in [0.29, 0.717) is 5.82 Å². The Morgan fingerprint density at radius 1 is 1.47 bits per heavy atom. The molecule has 0 radical (unpaired) electrons. The summed E-state index contributed by atoms with van der Waals surface area (Å²) in [7, 11) is -2.16. The van der Waals surface area contributed by atoms with Crippen LogP contribution in [0.5, 0.6) is 0 Å². The van der Waals surface area contributed by atoms with Gasteiger partial charge in [-0.2, -0.15) is 4.31 Å². The number of likely N-dealkylation sites (N-methyl/N-ethyl adjacent to an activating group) is 1. The van der Waals surface area contributed by atoms with Gasteiger partial charge >= 0.3 is 0 Å². The molecule has 6 nitrogen and oxygen atoms in total. The Morgan fingerprint density at radius 3 is 2.63 bits per heavy atom. The highest BCUT2D eigenvalue weighted by atomic mass is 32.2. The summed E-state index contributed by atoms with van der Waals surface area (Å²) >= 11 is 0. The Labute approximate surface area is 114 Å². The minimum atomic E-state index is -3.60. The van der Waals surface area contributed by atoms with Gasteiger partial charge in [-0.05, 0) is 25.5 Å². The molecule has 0 aliphatic rings. The van der Waals surface area contributed by atoms with Crippen molar-refractivity contribution in [1.29, 1.82) is 0 Å². The van der Waals surface area contributed by atoms with E-state index in [2.05, 4.69) is 10.3 Å². The molecule has 19 heavy (non-hydrogen) atoms. The molecule has 1 unspecified atom stereocenters. The van der Waals surface area contributed by atoms with Crippen LogP contribution in [-0.4, -0.2) is 49.1 Å². The molecule has 0 aliphatic heterocycles. The number of anilines is 1. The molecule has 0 aliphatic carbocycles. The molecule has 1 aromatic heterocycles. The van der Waals surface area contributed by atoms with Crippen LogP contribution >= 0.6 is 0 Å². The summed E-state index contributed by atoms with van der Waals surface area (Å²) in [5.74, 6) is 0.652. The van der Waals surface area contributed by atoms with Gasteiger partial charge in [-0.25, -0.2) is 13.4 Å². The van der Waals surface area contributed by atoms with Crippen LogP contribution in [-0.2, 0) is 10.0 Å². The Kier molecular flexibility index (Phi) is 5.71. The molecule has 1 heterocycles. The zero-order valence-electron chi connectivity index (χ0n) is 11.5. The predicted molar refractivity (Wildman–Crippen MR) is 74.5 cm³/mol. The summed E-state index contributed by atoms with van der Waals surface area (Å²) in [6.45, 7) is 4.25. The van der Waals surface area contributed by atoms with E-state index in [1.165, 1.54) is 19.3 Å². The second kappa shape index (κ2) is 6.83. The Bertz CT molecular complexity index is 487. The fraction of sp³-hybridized carbons (Fsp3) is 0.583. The SMILES string of the molecule is CCCNc1ccc(S(=O)(=O)N(C)C(C)CO)cn1. The number of nitrogens with zero attached hydrogens (tertiary/aromatic N) is 2. The molecular weight excluding hydrogens is 266 g/mol. The largest absolute Gasteiger partial charge is 0.395 e. The summed E-state index contributed by atoms with van der Waals surface area (Å²) in [6.07, 6.45) is 2.30. The van der Waals surface area contributed by atoms with Gasteiger partial charge in [0.05, 0.1) is 6.61 Å². The highest BCUT2D eigenvalue weighted by molar-refractivity contribution is 7.89. The summed E-state index contributed by atoms with van der Waals surface area (Å²) in [6, 6.07) is 2.68. The van der Waals surface area contributed by atoms with Crippen LogP contribution in [0.4, 0.5) is 5.82 Å². The highest BCUT2D eigenvalue weighted by Crippen LogP contribution is 2.16. The normalized spacial score (nSPS) is 13.5. The van der Waals surface area contributed by atoms with Crippen LogP contribution in [0.25, 0.3) is 0 Å². The zero-order valence-corrected chi connectivity index (χ0v) is 12.3. The first kappa shape index (κ1) is 15.9. The van der Waals surface area contributed by atoms with Gasteiger partial charge < -0.3 is 10.4 Å². The van der Waals surface area contributed by atoms with Crippen molar-refractivity contribution in [3.05, 3.63) is 18.3 Å². The molecule has 2 N–H and O–H groups in total. The monoisotopic (exact) mass is 287 g/mol. The first-order valence-electron chi connectivity index (χ1n) is 6.22. The third kappa shape index (κ3) is 3.89. The van der Waals surface area contributed by atoms with Crippen LogP contribution in [0.3, 0.4) is 0 Å². The smallest absolute Gasteiger partial charge is 0.244 e. The third-order valence-electron chi connectivity index (χ3n) is 2.85. The molecule has 1 atom stereocenters. The van der Waals surface area contributed by atoms with Gasteiger partial charge in [0.1, 0.15) is 10.7 Å². The lowest BCUT2D eigenvalue weighted by Gasteiger charge is -2.22. The first-order chi connectivity index (χ1) is 8.93. The van der Waals surface area contributed by atoms with Crippen LogP contribution in [0.1, 0.15) is 20.3 Å². The van der Waals surface area contributed by atoms with Gasteiger partial charge in [0.25, 0.3) is 0 Å². The maximum absolute atomic E-state index is 12.2. The fourth-order valence-electron chi connectivity index (χ4n) is 1.41. The lowest BCUT2D eigenvalue weighted by Crippen LogP contribution is -2.37. The number of aliphatic hydroxyl groups is 1. The topological polar surface area (TPSA) is 82.5 Å². The number of sulfonamides is 1. The molecule has 0 aromatic carbocycles. The molecule has 0 fully saturated rings. The van der Waals surface area contributed by atoms with Crippen molar-refractivity contribution in [3.63, 3.8) is 0 Å². The maximum Gasteiger partial charge on any atom is 0.244 e. The number of nitrogens with one attached hydrogen (secondary N) is 1. The van der Waals surface area contributed by atoms with E-state index >= 15 is 0 Å². The second-order valence-corrected chi connectivity index (χ2v) is 6.36. The van der Waals surface area contributed by atoms with Crippen LogP contribution in [0, 0.1) is 0 Å². The van der Waals surface area contributed by atoms with Gasteiger partial charge in [0.15, 0.2) is 0 Å². The maximum atomic E-state index is 12.2. The lowest BCUT2D eigenvalue weighted by molar-refractivity contribution is 0.214. The summed E-state index contributed by atoms with van der Waals surface area (Å²) in [5.41, 5.74) is 0. The minimum Gasteiger partial charge on any atom is -0.395 e. The molecule has 1 aromatic rings. The number of hydrogen-bond acceptors (Lipinski definition) is 5. The Balaban J connectivity index is 2.90. The average Bonchev–Trinajstić information content (AvgIpc) is 2.43. The highest BCUT2D eigenvalue weighted by Gasteiger charge is 2.25. The molecule has 0 amide bonds. The quantitative estimate of drug-likeness (QED) is 0.779. The molecule has 7 heteroatoms. The fourth-order valence-corrected chi connectivity index (χ4v) is 2.71. The van der Waals surface area contributed by atoms with E-state index in [-0.39, 0.29) is 11.5 Å². The number of aromatic nitrogens is 1. The summed E-state index contributed by atoms with van der Waals surface area (Å²) in [5, 5.41) is 12.1. The summed E-state index contributed by atoms with van der Waals surface area (Å²) in [4.78, 5) is 4.19. The van der Waals surface area contributed by atoms with Gasteiger partial charge in [-0.1, -0.05) is 6.92 Å². The van der Waals surface area contributed by atoms with Crippen molar-refractivity contribution < 1.29 is 13.5 Å². The van der Waals surface area contributed by atoms with E-state index in [0.717, 1.165) is 17.3 Å². The molecule has 108 valence electrons. The molecule has 0 bridgehead atoms. The standard InChI is InChI=1S/C12H21N3O3S/c1-4-7-13-12-6-5-11(8-14-12)19(17,18)15(3)10(2)9-16/h5-6,8,10,16H,4,7,9H2,1-3H3,(H,13,14). The van der Waals surface area contributed by atoms with E-state index in [1.807, 2.05) is 6.92 Å². The molecule has 1 rings (SSSR count). The minimum absolute atomic E-state index is 0.123. The lowest BCUT2D eigenvalue weighted by atomic mass is 10.4. The van der Waals surface area contributed by atoms with Gasteiger partial charge in [0, 0.05) is 25.8 Å². The van der Waals surface area contributed by atoms with Gasteiger partial charge in [-0.15, -0.1) is 0 Å². The van der Waals surface area contributed by atoms with E-state index in [4.69, 9.17) is 5.11 Å². The van der Waals surface area contributed by atoms with Crippen molar-refractivity contribution in [1.82, 2.24) is 9.29 Å². The third-order valence-corrected chi connectivity index (χ3v) is 4.81. The molecule has 0 saturated heterocycles. The van der Waals surface area contributed by atoms with E-state index in [1.54, 1.807) is 13.0 Å². The molecular formula is C12H21N3O3S. The second-order valence-electron chi connectivity index (χ2n) is 4.36. The van der Waals surface area contributed by atoms with Crippen LogP contribution in [0.2, 0.25) is 0 Å². The predicted octanol–water partition coefficient (Wildman–Crippen LogP) is 0.905. The average molecular weight is 287 g/mol. The number of aliphatic hydroxyl groups excluding tert-OH is 1. The van der Waals surface area contributed by atoms with Crippen molar-refractivity contribution in [2.75, 3.05) is 25.5 Å². The number of rotatable bonds is 7. The van der Waals surface area contributed by atoms with Crippen LogP contribution < -0.4 is 5.32 Å². The first-order valence-corrected chi connectivity index (χ1v) is 7.66. The van der Waals surface area contributed by atoms with Crippen molar-refractivity contribution >= 4 is 15.8 Å². The molecule has 0 spiro atoms. The summed E-state index contributed by atoms with van der Waals surface area (Å²) < 4.78 is 25.6. The zero-order chi connectivity index (χ0) is 14.5. The Morgan fingerprint density at radius 2 is 2.16 bits per heavy atom. The van der Waals surface area contributed by atoms with Crippen molar-refractivity contribution in [3.8, 4) is 0 Å². The number of pyridine rings is 1. The van der Waals surface area contributed by atoms with Crippen molar-refractivity contribution in [2.24, 2.45) is 0 Å². The number of hydrogen-bond donors (Lipinski definition) is 2. The van der Waals surface area contributed by atoms with Gasteiger partial charge in [0.2, 0.25) is 10.0 Å². The van der Waals surface area contributed by atoms with Crippen LogP contribution in [0.15, 0.2) is 23.2 Å². The van der Waals surface area contributed by atoms with Crippen molar-refractivity contribution in [2.45, 2.75) is 31.2 Å². The van der Waals surface area contributed by atoms with Gasteiger partial charge in [-0.3, -0.25) is 0 Å². The Hall–Kier alpha value is -1.18.